The lowest BCUT2D eigenvalue weighted by atomic mass is 10.1. The summed E-state index contributed by atoms with van der Waals surface area (Å²) in [6.07, 6.45) is -4.77. The number of aromatic amines is 2. The number of amides is 3. The molecule has 4 aromatic rings. The summed E-state index contributed by atoms with van der Waals surface area (Å²) in [6.45, 7) is -8.50. The van der Waals surface area contributed by atoms with E-state index in [0.29, 0.717) is 26.2 Å². The van der Waals surface area contributed by atoms with E-state index in [1.807, 2.05) is 0 Å². The van der Waals surface area contributed by atoms with Gasteiger partial charge in [0.15, 0.2) is 34.8 Å². The maximum atomic E-state index is 13.9. The van der Waals surface area contributed by atoms with Crippen molar-refractivity contribution in [1.29, 1.82) is 0 Å². The molecule has 31 nitrogen and oxygen atoms in total. The second kappa shape index (κ2) is 24.4. The molecule has 8 rings (SSSR count). The molecule has 10 atom stereocenters. The van der Waals surface area contributed by atoms with Crippen LogP contribution >= 0.6 is 25.8 Å². The number of carbonyl (C=O) groups excluding carboxylic acids is 4. The standard InChI is InChI=1S/C39H52N12O19P2S2/c40-38-45-32-27(34(57)47-38)42-18-50(32)36-26(44-23(53)6-9-62-11-13-64-15-14-63-12-10-61-8-1-2-20(52)5-7-49-24(54)3-4-25(49)55)30-21(67-36)16-65-72(60,74)70-31-22(17-66-71(59,73)69-30)68-37(29(31)56)51-19-43-28-33(51)46-39(41)48-35(28)58/h3-4,18-19,21-22,26,29-31,36-37,56H,1-2,5-17H2,(H,44,53)(H,59,73)(H,60,74)(H3,40,45,47,57)(H3,41,46,48,58)/t21-,22-,26?,29?,30+,31+,36-,37-,71?,72?/m1/s1. The summed E-state index contributed by atoms with van der Waals surface area (Å²) >= 11 is 9.60. The Morgan fingerprint density at radius 3 is 1.91 bits per heavy atom. The highest BCUT2D eigenvalue weighted by atomic mass is 32.7. The molecule has 74 heavy (non-hydrogen) atoms. The average Bonchev–Trinajstić information content (AvgIpc) is 4.16. The van der Waals surface area contributed by atoms with Gasteiger partial charge in [-0.3, -0.25) is 61.8 Å². The largest absolute Gasteiger partial charge is 0.386 e. The number of aliphatic hydroxyl groups excluding tert-OH is 1. The minimum absolute atomic E-state index is 0.0557. The number of ether oxygens (including phenoxy) is 6. The maximum Gasteiger partial charge on any atom is 0.386 e. The minimum atomic E-state index is -4.50. The number of hydrogen-bond donors (Lipinski definition) is 8. The van der Waals surface area contributed by atoms with Gasteiger partial charge in [0.05, 0.1) is 72.1 Å². The number of aromatic nitrogens is 8. The monoisotopic (exact) mass is 1120 g/mol. The number of H-pyrrole nitrogens is 2. The van der Waals surface area contributed by atoms with Crippen molar-refractivity contribution in [1.82, 2.24) is 49.3 Å². The molecule has 3 fully saturated rings. The van der Waals surface area contributed by atoms with Crippen LogP contribution in [0.4, 0.5) is 11.9 Å². The minimum Gasteiger partial charge on any atom is -0.386 e. The molecule has 4 aliphatic heterocycles. The number of ketones is 1. The van der Waals surface area contributed by atoms with Crippen LogP contribution in [0.1, 0.15) is 38.1 Å². The molecule has 3 saturated heterocycles. The van der Waals surface area contributed by atoms with E-state index in [0.717, 1.165) is 11.2 Å². The van der Waals surface area contributed by atoms with Gasteiger partial charge in [0.25, 0.3) is 22.9 Å². The van der Waals surface area contributed by atoms with Gasteiger partial charge in [-0.2, -0.15) is 9.97 Å². The molecule has 9 N–H and O–H groups in total. The normalized spacial score (nSPS) is 28.4. The fourth-order valence-electron chi connectivity index (χ4n) is 8.14. The van der Waals surface area contributed by atoms with E-state index in [9.17, 15) is 43.3 Å². The summed E-state index contributed by atoms with van der Waals surface area (Å²) in [5, 5.41) is 14.3. The number of imidazole rings is 2. The Bertz CT molecular complexity index is 2940. The summed E-state index contributed by atoms with van der Waals surface area (Å²) in [6, 6.07) is -1.30. The zero-order valence-electron chi connectivity index (χ0n) is 38.9. The molecule has 0 spiro atoms. The van der Waals surface area contributed by atoms with Crippen LogP contribution in [0.25, 0.3) is 22.3 Å². The van der Waals surface area contributed by atoms with Crippen molar-refractivity contribution in [2.45, 2.75) is 74.7 Å². The van der Waals surface area contributed by atoms with Gasteiger partial charge in [0, 0.05) is 44.6 Å². The molecule has 0 bridgehead atoms. The molecule has 404 valence electrons. The quantitative estimate of drug-likeness (QED) is 0.0187. The van der Waals surface area contributed by atoms with Crippen molar-refractivity contribution in [3.05, 3.63) is 45.5 Å². The first kappa shape index (κ1) is 55.3. The van der Waals surface area contributed by atoms with Crippen LogP contribution in [0, 0.1) is 0 Å². The second-order valence-electron chi connectivity index (χ2n) is 16.7. The molecule has 0 aromatic carbocycles. The van der Waals surface area contributed by atoms with Gasteiger partial charge in [0.2, 0.25) is 17.8 Å². The molecule has 35 heteroatoms. The van der Waals surface area contributed by atoms with Crippen LogP contribution in [0.5, 0.6) is 0 Å². The van der Waals surface area contributed by atoms with Crippen LogP contribution in [-0.4, -0.2) is 187 Å². The Hall–Kier alpha value is -4.93. The summed E-state index contributed by atoms with van der Waals surface area (Å²) in [7, 11) is 0. The summed E-state index contributed by atoms with van der Waals surface area (Å²) in [5.74, 6) is -2.04. The highest BCUT2D eigenvalue weighted by Gasteiger charge is 2.53. The first-order valence-electron chi connectivity index (χ1n) is 22.8. The van der Waals surface area contributed by atoms with Crippen LogP contribution in [0.3, 0.4) is 0 Å². The van der Waals surface area contributed by atoms with Gasteiger partial charge in [0.1, 0.15) is 42.3 Å². The average molecular weight is 1120 g/mol. The lowest BCUT2D eigenvalue weighted by molar-refractivity contribution is -0.137. The lowest BCUT2D eigenvalue weighted by Crippen LogP contribution is -2.48. The number of rotatable bonds is 22. The third kappa shape index (κ3) is 13.5. The molecule has 0 saturated carbocycles. The fourth-order valence-corrected chi connectivity index (χ4v) is 11.1. The smallest absolute Gasteiger partial charge is 0.386 e. The van der Waals surface area contributed by atoms with E-state index in [4.69, 9.17) is 69.8 Å². The summed E-state index contributed by atoms with van der Waals surface area (Å²) in [4.78, 5) is 108. The topological polar surface area (TPSA) is 413 Å². The van der Waals surface area contributed by atoms with E-state index < -0.39 is 105 Å². The molecule has 4 unspecified atom stereocenters. The van der Waals surface area contributed by atoms with Crippen LogP contribution in [-0.2, 0) is 82.1 Å². The fraction of sp³-hybridized carbons (Fsp3) is 0.590. The Balaban J connectivity index is 0.827. The van der Waals surface area contributed by atoms with Crippen LogP contribution in [0.2, 0.25) is 0 Å². The van der Waals surface area contributed by atoms with Crippen LogP contribution in [0.15, 0.2) is 34.4 Å². The molecule has 0 aliphatic carbocycles. The Labute approximate surface area is 427 Å². The van der Waals surface area contributed by atoms with Crippen molar-refractivity contribution in [2.24, 2.45) is 0 Å². The molecular weight excluding hydrogens is 1070 g/mol. The molecule has 4 aromatic heterocycles. The van der Waals surface area contributed by atoms with E-state index in [1.165, 1.54) is 27.6 Å². The molecule has 3 amide bonds. The Morgan fingerprint density at radius 2 is 1.30 bits per heavy atom. The van der Waals surface area contributed by atoms with E-state index in [1.54, 1.807) is 0 Å². The first-order chi connectivity index (χ1) is 35.4. The number of anilines is 2. The van der Waals surface area contributed by atoms with Gasteiger partial charge < -0.3 is 64.3 Å². The number of aliphatic hydroxyl groups is 1. The number of nitrogen functional groups attached to an aromatic ring is 2. The Kier molecular flexibility index (Phi) is 18.2. The number of imide groups is 1. The number of nitrogens with two attached hydrogens (primary N) is 2. The van der Waals surface area contributed by atoms with E-state index in [-0.39, 0.29) is 98.8 Å². The van der Waals surface area contributed by atoms with Crippen molar-refractivity contribution < 1.29 is 80.3 Å². The number of carbonyl (C=O) groups is 4. The predicted molar refractivity (Wildman–Crippen MR) is 258 cm³/mol. The molecule has 0 radical (unpaired) electrons. The van der Waals surface area contributed by atoms with Gasteiger partial charge in [-0.1, -0.05) is 12.2 Å². The van der Waals surface area contributed by atoms with Crippen LogP contribution < -0.4 is 27.9 Å². The highest BCUT2D eigenvalue weighted by molar-refractivity contribution is 8.44. The number of fused-ring (bicyclic) bond motifs is 4. The van der Waals surface area contributed by atoms with Gasteiger partial charge in [-0.05, 0) is 18.2 Å². The van der Waals surface area contributed by atoms with Crippen molar-refractivity contribution in [3.8, 4) is 0 Å². The van der Waals surface area contributed by atoms with E-state index in [2.05, 4.69) is 47.5 Å². The third-order valence-corrected chi connectivity index (χ3v) is 14.8. The molecule has 4 aliphatic rings. The zero-order valence-corrected chi connectivity index (χ0v) is 42.4. The van der Waals surface area contributed by atoms with Crippen molar-refractivity contribution in [3.63, 3.8) is 0 Å². The van der Waals surface area contributed by atoms with Crippen molar-refractivity contribution in [2.75, 3.05) is 84.1 Å². The third-order valence-electron chi connectivity index (χ3n) is 11.6. The SMILES string of the molecule is Nc1nc2c(ncn2[C@@H]2O[C@@H]3COP(O)(=S)O[C@@H]4C(NC(=O)CCOCCOCCOCCOCCCC(=O)CCN5C(=O)C=CC5=O)[C@H](n5cnc6c(=O)[nH]c(N)nc65)O[C@@H]4COP(=O)(S)O[C@@H]3C2O)c(=O)[nH]1. The molecular formula is C39H52N12O19P2S2. The highest BCUT2D eigenvalue weighted by Crippen LogP contribution is 2.58. The number of nitrogens with one attached hydrogen (secondary N) is 3. The van der Waals surface area contributed by atoms with Gasteiger partial charge in [-0.25, -0.2) is 14.5 Å². The lowest BCUT2D eigenvalue weighted by Gasteiger charge is -2.31. The predicted octanol–water partition coefficient (Wildman–Crippen LogP) is -1.75. The zero-order chi connectivity index (χ0) is 52.7. The second-order valence-corrected chi connectivity index (χ2v) is 22.4. The number of hydrogen-bond acceptors (Lipinski definition) is 25. The summed E-state index contributed by atoms with van der Waals surface area (Å²) in [5.41, 5.74) is 9.86. The first-order valence-corrected chi connectivity index (χ1v) is 28.1. The number of nitrogens with zero attached hydrogens (tertiary/aromatic N) is 7. The number of thiol groups is 1. The number of Topliss-reactive ketones (excluding diaryl/α,β-unsaturated/α-hetero) is 1. The van der Waals surface area contributed by atoms with Gasteiger partial charge in [-0.15, -0.1) is 0 Å². The Morgan fingerprint density at radius 1 is 0.770 bits per heavy atom. The maximum absolute atomic E-state index is 13.9. The van der Waals surface area contributed by atoms with Gasteiger partial charge >= 0.3 is 13.5 Å². The van der Waals surface area contributed by atoms with Crippen molar-refractivity contribution >= 4 is 95.3 Å². The summed E-state index contributed by atoms with van der Waals surface area (Å²) < 4.78 is 74.2. The van der Waals surface area contributed by atoms with E-state index >= 15 is 0 Å². The molecule has 8 heterocycles.